The number of aromatic nitrogens is 1. The summed E-state index contributed by atoms with van der Waals surface area (Å²) >= 11 is 3.38. The van der Waals surface area contributed by atoms with Crippen LogP contribution in [-0.4, -0.2) is 11.2 Å². The molecule has 0 aliphatic carbocycles. The van der Waals surface area contributed by atoms with Gasteiger partial charge in [-0.05, 0) is 48.9 Å². The third-order valence-corrected chi connectivity index (χ3v) is 3.75. The molecule has 4 nitrogen and oxygen atoms in total. The summed E-state index contributed by atoms with van der Waals surface area (Å²) in [5.41, 5.74) is 2.50. The van der Waals surface area contributed by atoms with Gasteiger partial charge in [0.05, 0.1) is 12.1 Å². The normalized spacial score (nSPS) is 11.0. The molecule has 2 aromatic carbocycles. The molecular weight excluding hydrogens is 334 g/mol. The smallest absolute Gasteiger partial charge is 0.420 e. The molecule has 0 atom stereocenters. The van der Waals surface area contributed by atoms with E-state index in [1.54, 1.807) is 4.57 Å². The molecule has 0 spiro atoms. The van der Waals surface area contributed by atoms with Crippen molar-refractivity contribution in [3.8, 4) is 5.75 Å². The fourth-order valence-electron chi connectivity index (χ4n) is 2.17. The number of oxazole rings is 1. The predicted molar refractivity (Wildman–Crippen MR) is 84.8 cm³/mol. The van der Waals surface area contributed by atoms with Crippen LogP contribution in [0.15, 0.2) is 56.1 Å². The van der Waals surface area contributed by atoms with Crippen molar-refractivity contribution in [3.05, 3.63) is 63.1 Å². The van der Waals surface area contributed by atoms with E-state index in [9.17, 15) is 4.79 Å². The van der Waals surface area contributed by atoms with Crippen LogP contribution in [0.2, 0.25) is 0 Å². The van der Waals surface area contributed by atoms with Crippen LogP contribution in [0, 0.1) is 6.92 Å². The largest absolute Gasteiger partial charge is 0.492 e. The molecule has 21 heavy (non-hydrogen) atoms. The second-order valence-corrected chi connectivity index (χ2v) is 5.71. The molecule has 0 saturated heterocycles. The topological polar surface area (TPSA) is 44.4 Å². The standard InChI is InChI=1S/C16H14BrNO3/c1-11-2-7-15-14(10-11)18(16(19)21-15)8-9-20-13-5-3-12(17)4-6-13/h2-7,10H,8-9H2,1H3. The summed E-state index contributed by atoms with van der Waals surface area (Å²) in [5.74, 6) is 0.422. The molecule has 0 aliphatic rings. The highest BCUT2D eigenvalue weighted by Crippen LogP contribution is 2.17. The van der Waals surface area contributed by atoms with Crippen LogP contribution >= 0.6 is 15.9 Å². The van der Waals surface area contributed by atoms with Crippen molar-refractivity contribution in [2.24, 2.45) is 0 Å². The second-order valence-electron chi connectivity index (χ2n) is 4.79. The van der Waals surface area contributed by atoms with Crippen LogP contribution in [0.4, 0.5) is 0 Å². The Morgan fingerprint density at radius 2 is 1.95 bits per heavy atom. The highest BCUT2D eigenvalue weighted by atomic mass is 79.9. The number of halogens is 1. The molecule has 3 aromatic rings. The van der Waals surface area contributed by atoms with Crippen LogP contribution in [0.5, 0.6) is 5.75 Å². The van der Waals surface area contributed by atoms with Gasteiger partial charge in [-0.25, -0.2) is 4.79 Å². The van der Waals surface area contributed by atoms with E-state index in [0.717, 1.165) is 21.3 Å². The summed E-state index contributed by atoms with van der Waals surface area (Å²) in [4.78, 5) is 11.9. The summed E-state index contributed by atoms with van der Waals surface area (Å²) in [7, 11) is 0. The first-order valence-electron chi connectivity index (χ1n) is 6.62. The molecule has 0 aliphatic heterocycles. The van der Waals surface area contributed by atoms with E-state index in [4.69, 9.17) is 9.15 Å². The number of rotatable bonds is 4. The van der Waals surface area contributed by atoms with Crippen molar-refractivity contribution >= 4 is 27.0 Å². The number of aryl methyl sites for hydroxylation is 1. The van der Waals surface area contributed by atoms with Gasteiger partial charge < -0.3 is 9.15 Å². The van der Waals surface area contributed by atoms with Gasteiger partial charge in [0.2, 0.25) is 0 Å². The van der Waals surface area contributed by atoms with Gasteiger partial charge >= 0.3 is 5.76 Å². The molecule has 0 N–H and O–H groups in total. The molecule has 108 valence electrons. The van der Waals surface area contributed by atoms with Gasteiger partial charge in [-0.2, -0.15) is 0 Å². The summed E-state index contributed by atoms with van der Waals surface area (Å²) in [6, 6.07) is 13.3. The molecule has 3 rings (SSSR count). The van der Waals surface area contributed by atoms with Crippen LogP contribution in [0.25, 0.3) is 11.1 Å². The van der Waals surface area contributed by atoms with E-state index in [0.29, 0.717) is 18.7 Å². The third-order valence-electron chi connectivity index (χ3n) is 3.22. The maximum Gasteiger partial charge on any atom is 0.420 e. The van der Waals surface area contributed by atoms with E-state index < -0.39 is 0 Å². The molecule has 0 radical (unpaired) electrons. The van der Waals surface area contributed by atoms with Crippen LogP contribution in [0.3, 0.4) is 0 Å². The van der Waals surface area contributed by atoms with E-state index in [-0.39, 0.29) is 5.76 Å². The number of ether oxygens (including phenoxy) is 1. The van der Waals surface area contributed by atoms with Crippen molar-refractivity contribution < 1.29 is 9.15 Å². The second kappa shape index (κ2) is 5.77. The number of fused-ring (bicyclic) bond motifs is 1. The van der Waals surface area contributed by atoms with E-state index in [1.165, 1.54) is 0 Å². The van der Waals surface area contributed by atoms with E-state index >= 15 is 0 Å². The zero-order valence-electron chi connectivity index (χ0n) is 11.5. The Labute approximate surface area is 130 Å². The molecule has 0 fully saturated rings. The molecule has 0 amide bonds. The lowest BCUT2D eigenvalue weighted by molar-refractivity contribution is 0.294. The van der Waals surface area contributed by atoms with Gasteiger partial charge in [0, 0.05) is 4.47 Å². The highest BCUT2D eigenvalue weighted by molar-refractivity contribution is 9.10. The van der Waals surface area contributed by atoms with Crippen molar-refractivity contribution in [2.45, 2.75) is 13.5 Å². The lowest BCUT2D eigenvalue weighted by Gasteiger charge is -2.06. The maximum absolute atomic E-state index is 11.9. The maximum atomic E-state index is 11.9. The number of nitrogens with zero attached hydrogens (tertiary/aromatic N) is 1. The molecule has 5 heteroatoms. The van der Waals surface area contributed by atoms with Gasteiger partial charge in [-0.15, -0.1) is 0 Å². The van der Waals surface area contributed by atoms with Crippen LogP contribution < -0.4 is 10.5 Å². The fourth-order valence-corrected chi connectivity index (χ4v) is 2.43. The first-order valence-corrected chi connectivity index (χ1v) is 7.41. The van der Waals surface area contributed by atoms with Gasteiger partial charge in [0.1, 0.15) is 12.4 Å². The van der Waals surface area contributed by atoms with Gasteiger partial charge in [-0.3, -0.25) is 4.57 Å². The van der Waals surface area contributed by atoms with Gasteiger partial charge in [0.25, 0.3) is 0 Å². The number of hydrogen-bond donors (Lipinski definition) is 0. The molecule has 0 unspecified atom stereocenters. The van der Waals surface area contributed by atoms with Gasteiger partial charge in [-0.1, -0.05) is 22.0 Å². The monoisotopic (exact) mass is 347 g/mol. The van der Waals surface area contributed by atoms with Crippen molar-refractivity contribution in [2.75, 3.05) is 6.61 Å². The van der Waals surface area contributed by atoms with Crippen LogP contribution in [-0.2, 0) is 6.54 Å². The van der Waals surface area contributed by atoms with Gasteiger partial charge in [0.15, 0.2) is 5.58 Å². The minimum atomic E-state index is -0.352. The quantitative estimate of drug-likeness (QED) is 0.721. The average molecular weight is 348 g/mol. The Bertz CT molecular complexity index is 818. The van der Waals surface area contributed by atoms with Crippen LogP contribution in [0.1, 0.15) is 5.56 Å². The third kappa shape index (κ3) is 3.03. The minimum Gasteiger partial charge on any atom is -0.492 e. The van der Waals surface area contributed by atoms with Crippen molar-refractivity contribution in [1.29, 1.82) is 0 Å². The predicted octanol–water partition coefficient (Wildman–Crippen LogP) is 3.74. The summed E-state index contributed by atoms with van der Waals surface area (Å²) in [5, 5.41) is 0. The Kier molecular flexibility index (Phi) is 3.84. The zero-order chi connectivity index (χ0) is 14.8. The first kappa shape index (κ1) is 13.9. The Morgan fingerprint density at radius 1 is 1.19 bits per heavy atom. The number of benzene rings is 2. The summed E-state index contributed by atoms with van der Waals surface area (Å²) in [6.07, 6.45) is 0. The fraction of sp³-hybridized carbons (Fsp3) is 0.188. The molecule has 0 bridgehead atoms. The molecule has 1 heterocycles. The van der Waals surface area contributed by atoms with E-state index in [2.05, 4.69) is 15.9 Å². The van der Waals surface area contributed by atoms with Crippen molar-refractivity contribution in [3.63, 3.8) is 0 Å². The minimum absolute atomic E-state index is 0.352. The highest BCUT2D eigenvalue weighted by Gasteiger charge is 2.09. The first-order chi connectivity index (χ1) is 10.1. The summed E-state index contributed by atoms with van der Waals surface area (Å²) < 4.78 is 13.5. The van der Waals surface area contributed by atoms with E-state index in [1.807, 2.05) is 49.4 Å². The lowest BCUT2D eigenvalue weighted by atomic mass is 10.2. The molecular formula is C16H14BrNO3. The van der Waals surface area contributed by atoms with Crippen molar-refractivity contribution in [1.82, 2.24) is 4.57 Å². The number of hydrogen-bond acceptors (Lipinski definition) is 3. The average Bonchev–Trinajstić information content (AvgIpc) is 2.77. The Morgan fingerprint density at radius 3 is 2.71 bits per heavy atom. The lowest BCUT2D eigenvalue weighted by Crippen LogP contribution is -2.18. The molecule has 0 saturated carbocycles. The Hall–Kier alpha value is -2.01. The SMILES string of the molecule is Cc1ccc2oc(=O)n(CCOc3ccc(Br)cc3)c2c1. The Balaban J connectivity index is 1.76. The summed E-state index contributed by atoms with van der Waals surface area (Å²) in [6.45, 7) is 2.84. The molecule has 1 aromatic heterocycles. The zero-order valence-corrected chi connectivity index (χ0v) is 13.1.